The number of nitrogen functional groups attached to an aromatic ring is 1. The second kappa shape index (κ2) is 6.08. The highest BCUT2D eigenvalue weighted by Gasteiger charge is 2.26. The van der Waals surface area contributed by atoms with Crippen LogP contribution in [0.2, 0.25) is 0 Å². The first-order valence-electron chi connectivity index (χ1n) is 7.36. The average Bonchev–Trinajstić information content (AvgIpc) is 2.53. The van der Waals surface area contributed by atoms with Crippen molar-refractivity contribution in [3.63, 3.8) is 0 Å². The van der Waals surface area contributed by atoms with Gasteiger partial charge in [-0.05, 0) is 12.1 Å². The minimum Gasteiger partial charge on any atom is -0.465 e. The molecule has 0 aliphatic carbocycles. The molecule has 0 unspecified atom stereocenters. The van der Waals surface area contributed by atoms with Crippen LogP contribution in [0.15, 0.2) is 36.3 Å². The molecule has 0 atom stereocenters. The predicted octanol–water partition coefficient (Wildman–Crippen LogP) is 2.85. The fourth-order valence-electron chi connectivity index (χ4n) is 1.70. The van der Waals surface area contributed by atoms with E-state index >= 15 is 0 Å². The smallest absolute Gasteiger partial charge is 0.340 e. The number of nitrogens with two attached hydrogens (primary N) is 1. The first-order chi connectivity index (χ1) is 11.7. The minimum atomic E-state index is -1.29. The average molecular weight is 308 g/mol. The van der Waals surface area contributed by atoms with Gasteiger partial charge < -0.3 is 15.8 Å². The number of carbonyl (C=O) groups excluding carboxylic acids is 1. The summed E-state index contributed by atoms with van der Waals surface area (Å²) in [7, 11) is 1.01. The van der Waals surface area contributed by atoms with Crippen LogP contribution in [0.3, 0.4) is 0 Å². The van der Waals surface area contributed by atoms with Crippen molar-refractivity contribution in [1.29, 1.82) is 0 Å². The summed E-state index contributed by atoms with van der Waals surface area (Å²) < 4.78 is 42.0. The van der Waals surface area contributed by atoms with Crippen LogP contribution in [0.4, 0.5) is 27.1 Å². The normalized spacial score (nSPS) is 12.0. The maximum absolute atomic E-state index is 14.5. The van der Waals surface area contributed by atoms with Gasteiger partial charge in [0.1, 0.15) is 5.69 Å². The van der Waals surface area contributed by atoms with Crippen LogP contribution in [0, 0.1) is 15.9 Å². The fraction of sp³-hybridized carbons (Fsp3) is 0.0714. The molecule has 8 heteroatoms. The number of halogens is 1. The van der Waals surface area contributed by atoms with Gasteiger partial charge in [-0.3, -0.25) is 10.1 Å². The first-order valence-corrected chi connectivity index (χ1v) is 5.86. The predicted molar refractivity (Wildman–Crippen MR) is 78.5 cm³/mol. The Balaban J connectivity index is 2.71. The van der Waals surface area contributed by atoms with Crippen molar-refractivity contribution in [2.24, 2.45) is 0 Å². The van der Waals surface area contributed by atoms with Gasteiger partial charge in [0, 0.05) is 11.8 Å². The number of nitrogens with zero attached hydrogens (tertiary/aromatic N) is 1. The molecular weight excluding hydrogens is 293 g/mol. The van der Waals surface area contributed by atoms with Crippen molar-refractivity contribution in [3.05, 3.63) is 57.8 Å². The Morgan fingerprint density at radius 3 is 2.68 bits per heavy atom. The number of anilines is 3. The number of benzene rings is 2. The van der Waals surface area contributed by atoms with Crippen LogP contribution < -0.4 is 11.1 Å². The zero-order chi connectivity index (χ0) is 18.9. The molecule has 2 aromatic carbocycles. The molecule has 3 N–H and O–H groups in total. The molecule has 0 heterocycles. The number of hydrogen-bond acceptors (Lipinski definition) is 6. The number of nitrogens with one attached hydrogen (secondary N) is 1. The lowest BCUT2D eigenvalue weighted by atomic mass is 10.1. The van der Waals surface area contributed by atoms with E-state index in [0.29, 0.717) is 0 Å². The van der Waals surface area contributed by atoms with E-state index in [1.807, 2.05) is 0 Å². The van der Waals surface area contributed by atoms with Gasteiger partial charge >= 0.3 is 5.97 Å². The van der Waals surface area contributed by atoms with Crippen molar-refractivity contribution < 1.29 is 23.0 Å². The number of esters is 1. The standard InChI is InChI=1S/C14H12FN3O4/c1-22-14(19)9-7-10(18(20)21)12(16)11(15)13(9)17-8-5-3-2-4-6-8/h2-7,17H,16H2,1H3/i2D,5D,6D. The third kappa shape index (κ3) is 2.80. The van der Waals surface area contributed by atoms with Crippen LogP contribution in [0.5, 0.6) is 0 Å². The summed E-state index contributed by atoms with van der Waals surface area (Å²) in [6.07, 6.45) is 0. The number of nitro benzene ring substituents is 1. The van der Waals surface area contributed by atoms with Gasteiger partial charge in [-0.25, -0.2) is 9.18 Å². The minimum absolute atomic E-state index is 0.0996. The molecule has 7 nitrogen and oxygen atoms in total. The largest absolute Gasteiger partial charge is 0.465 e. The lowest BCUT2D eigenvalue weighted by molar-refractivity contribution is -0.384. The first kappa shape index (κ1) is 11.5. The molecule has 0 fully saturated rings. The Bertz CT molecular complexity index is 869. The summed E-state index contributed by atoms with van der Waals surface area (Å²) in [6.45, 7) is 0. The van der Waals surface area contributed by atoms with E-state index in [1.165, 1.54) is 0 Å². The van der Waals surface area contributed by atoms with Gasteiger partial charge in [0.15, 0.2) is 5.82 Å². The zero-order valence-electron chi connectivity index (χ0n) is 14.3. The summed E-state index contributed by atoms with van der Waals surface area (Å²) in [5.41, 5.74) is 2.51. The molecule has 0 bridgehead atoms. The summed E-state index contributed by atoms with van der Waals surface area (Å²) >= 11 is 0. The lowest BCUT2D eigenvalue weighted by Gasteiger charge is -2.13. The highest BCUT2D eigenvalue weighted by atomic mass is 19.1. The van der Waals surface area contributed by atoms with Crippen molar-refractivity contribution in [2.75, 3.05) is 18.2 Å². The number of methoxy groups -OCH3 is 1. The van der Waals surface area contributed by atoms with E-state index in [9.17, 15) is 19.3 Å². The number of nitro groups is 1. The van der Waals surface area contributed by atoms with E-state index in [4.69, 9.17) is 9.85 Å². The molecule has 0 aliphatic rings. The Labute approximate surface area is 128 Å². The van der Waals surface area contributed by atoms with E-state index in [1.54, 1.807) is 0 Å². The number of ether oxygens (including phenoxy) is 1. The topological polar surface area (TPSA) is 107 Å². The maximum Gasteiger partial charge on any atom is 0.340 e. The van der Waals surface area contributed by atoms with Gasteiger partial charge in [0.2, 0.25) is 0 Å². The molecule has 0 radical (unpaired) electrons. The Morgan fingerprint density at radius 2 is 2.14 bits per heavy atom. The maximum atomic E-state index is 14.5. The van der Waals surface area contributed by atoms with E-state index in [0.717, 1.165) is 25.3 Å². The molecule has 0 amide bonds. The van der Waals surface area contributed by atoms with Gasteiger partial charge in [-0.1, -0.05) is 18.2 Å². The molecule has 114 valence electrons. The fourth-order valence-corrected chi connectivity index (χ4v) is 1.70. The molecule has 0 saturated carbocycles. The van der Waals surface area contributed by atoms with Crippen molar-refractivity contribution >= 4 is 28.7 Å². The van der Waals surface area contributed by atoms with Crippen molar-refractivity contribution in [1.82, 2.24) is 0 Å². The summed E-state index contributed by atoms with van der Waals surface area (Å²) in [5.74, 6) is -2.36. The molecule has 2 rings (SSSR count). The quantitative estimate of drug-likeness (QED) is 0.389. The lowest BCUT2D eigenvalue weighted by Crippen LogP contribution is -2.11. The molecule has 0 aromatic heterocycles. The number of carbonyl (C=O) groups is 1. The number of para-hydroxylation sites is 1. The monoisotopic (exact) mass is 308 g/mol. The van der Waals surface area contributed by atoms with Gasteiger partial charge in [-0.15, -0.1) is 0 Å². The highest BCUT2D eigenvalue weighted by Crippen LogP contribution is 2.35. The highest BCUT2D eigenvalue weighted by molar-refractivity contribution is 5.99. The van der Waals surface area contributed by atoms with Crippen LogP contribution in [-0.4, -0.2) is 18.0 Å². The van der Waals surface area contributed by atoms with Gasteiger partial charge in [-0.2, -0.15) is 0 Å². The Kier molecular flexibility index (Phi) is 3.18. The number of rotatable bonds is 4. The second-order valence-electron chi connectivity index (χ2n) is 4.04. The SMILES string of the molecule is [2H]c1cc([2H])c(Nc2c(C(=O)OC)cc([N+](=O)[O-])c(N)c2F)c([2H])c1. The Morgan fingerprint density at radius 1 is 1.50 bits per heavy atom. The van der Waals surface area contributed by atoms with E-state index in [2.05, 4.69) is 10.1 Å². The third-order valence-corrected chi connectivity index (χ3v) is 2.73. The van der Waals surface area contributed by atoms with Crippen LogP contribution in [-0.2, 0) is 4.74 Å². The molecule has 2 aromatic rings. The summed E-state index contributed by atoms with van der Waals surface area (Å²) in [5, 5.41) is 13.3. The molecule has 0 aliphatic heterocycles. The molecule has 0 saturated heterocycles. The summed E-state index contributed by atoms with van der Waals surface area (Å²) in [4.78, 5) is 21.9. The van der Waals surface area contributed by atoms with Crippen molar-refractivity contribution in [3.8, 4) is 0 Å². The third-order valence-electron chi connectivity index (χ3n) is 2.73. The van der Waals surface area contributed by atoms with Crippen LogP contribution >= 0.6 is 0 Å². The van der Waals surface area contributed by atoms with Gasteiger partial charge in [0.25, 0.3) is 5.69 Å². The molecular formula is C14H12FN3O4. The van der Waals surface area contributed by atoms with Crippen molar-refractivity contribution in [2.45, 2.75) is 0 Å². The van der Waals surface area contributed by atoms with Gasteiger partial charge in [0.05, 0.1) is 27.4 Å². The van der Waals surface area contributed by atoms with Crippen LogP contribution in [0.1, 0.15) is 14.5 Å². The molecule has 0 spiro atoms. The molecule has 22 heavy (non-hydrogen) atoms. The Hall–Kier alpha value is -3.16. The number of hydrogen-bond donors (Lipinski definition) is 2. The second-order valence-corrected chi connectivity index (χ2v) is 4.04. The van der Waals surface area contributed by atoms with E-state index < -0.39 is 39.3 Å². The summed E-state index contributed by atoms with van der Waals surface area (Å²) in [6, 6.07) is 2.25. The van der Waals surface area contributed by atoms with E-state index in [-0.39, 0.29) is 23.8 Å². The van der Waals surface area contributed by atoms with Crippen LogP contribution in [0.25, 0.3) is 0 Å². The zero-order valence-corrected chi connectivity index (χ0v) is 11.3.